The molecule has 1 atom stereocenters. The molecule has 0 saturated carbocycles. The fraction of sp³-hybridized carbons (Fsp3) is 0.917. The van der Waals surface area contributed by atoms with Gasteiger partial charge in [-0.05, 0) is 19.8 Å². The van der Waals surface area contributed by atoms with Crippen molar-refractivity contribution in [2.45, 2.75) is 59.1 Å². The average Bonchev–Trinajstić information content (AvgIpc) is 2.25. The quantitative estimate of drug-likeness (QED) is 0.505. The summed E-state index contributed by atoms with van der Waals surface area (Å²) in [5.41, 5.74) is -2.38. The highest BCUT2D eigenvalue weighted by molar-refractivity contribution is 5.77. The molecule has 0 fully saturated rings. The molecular weight excluding hydrogens is 233 g/mol. The molecule has 0 amide bonds. The van der Waals surface area contributed by atoms with Crippen LogP contribution in [0.25, 0.3) is 0 Å². The molecule has 0 aliphatic heterocycles. The predicted octanol–water partition coefficient (Wildman–Crippen LogP) is 4.09. The second-order valence-corrected chi connectivity index (χ2v) is 4.38. The number of hydrogen-bond donors (Lipinski definition) is 0. The summed E-state index contributed by atoms with van der Waals surface area (Å²) in [4.78, 5) is 11.4. The Morgan fingerprint density at radius 3 is 2.12 bits per heavy atom. The van der Waals surface area contributed by atoms with Gasteiger partial charge in [-0.3, -0.25) is 4.79 Å². The van der Waals surface area contributed by atoms with Gasteiger partial charge in [0.15, 0.2) is 5.41 Å². The van der Waals surface area contributed by atoms with E-state index < -0.39 is 17.6 Å². The van der Waals surface area contributed by atoms with Crippen molar-refractivity contribution < 1.29 is 22.7 Å². The topological polar surface area (TPSA) is 26.3 Å². The van der Waals surface area contributed by atoms with E-state index in [2.05, 4.69) is 0 Å². The van der Waals surface area contributed by atoms with Crippen molar-refractivity contribution in [1.82, 2.24) is 0 Å². The zero-order chi connectivity index (χ0) is 13.5. The third kappa shape index (κ3) is 4.56. The van der Waals surface area contributed by atoms with Crippen LogP contribution in [0.1, 0.15) is 52.9 Å². The smallest absolute Gasteiger partial charge is 0.404 e. The highest BCUT2D eigenvalue weighted by Crippen LogP contribution is 2.41. The SMILES string of the molecule is CCCCCCOC(=O)C(C)(CC)C(F)(F)F. The van der Waals surface area contributed by atoms with Crippen LogP contribution in [0.4, 0.5) is 13.2 Å². The minimum Gasteiger partial charge on any atom is -0.465 e. The van der Waals surface area contributed by atoms with Crippen LogP contribution in [0, 0.1) is 5.41 Å². The zero-order valence-corrected chi connectivity index (χ0v) is 10.7. The molecule has 0 aromatic rings. The second kappa shape index (κ2) is 6.87. The zero-order valence-electron chi connectivity index (χ0n) is 10.7. The van der Waals surface area contributed by atoms with Crippen LogP contribution in [0.3, 0.4) is 0 Å². The number of carbonyl (C=O) groups excluding carboxylic acids is 1. The lowest BCUT2D eigenvalue weighted by atomic mass is 9.87. The van der Waals surface area contributed by atoms with Crippen LogP contribution in [-0.4, -0.2) is 18.8 Å². The van der Waals surface area contributed by atoms with Gasteiger partial charge in [0, 0.05) is 0 Å². The molecule has 5 heteroatoms. The largest absolute Gasteiger partial charge is 0.465 e. The van der Waals surface area contributed by atoms with Crippen LogP contribution in [0.5, 0.6) is 0 Å². The van der Waals surface area contributed by atoms with E-state index in [0.29, 0.717) is 6.42 Å². The van der Waals surface area contributed by atoms with Crippen molar-refractivity contribution >= 4 is 5.97 Å². The molecule has 102 valence electrons. The molecule has 1 unspecified atom stereocenters. The van der Waals surface area contributed by atoms with Gasteiger partial charge >= 0.3 is 12.1 Å². The van der Waals surface area contributed by atoms with E-state index in [1.54, 1.807) is 0 Å². The van der Waals surface area contributed by atoms with Crippen molar-refractivity contribution in [2.24, 2.45) is 5.41 Å². The molecule has 0 rings (SSSR count). The molecule has 17 heavy (non-hydrogen) atoms. The van der Waals surface area contributed by atoms with Crippen LogP contribution < -0.4 is 0 Å². The number of unbranched alkanes of at least 4 members (excludes halogenated alkanes) is 3. The molecular formula is C12H21F3O2. The lowest BCUT2D eigenvalue weighted by Crippen LogP contribution is -2.43. The summed E-state index contributed by atoms with van der Waals surface area (Å²) >= 11 is 0. The van der Waals surface area contributed by atoms with Gasteiger partial charge in [0.2, 0.25) is 0 Å². The summed E-state index contributed by atoms with van der Waals surface area (Å²) in [6.07, 6.45) is -1.33. The second-order valence-electron chi connectivity index (χ2n) is 4.38. The maximum absolute atomic E-state index is 12.7. The highest BCUT2D eigenvalue weighted by atomic mass is 19.4. The first-order valence-corrected chi connectivity index (χ1v) is 6.03. The van der Waals surface area contributed by atoms with E-state index in [4.69, 9.17) is 4.74 Å². The van der Waals surface area contributed by atoms with E-state index in [9.17, 15) is 18.0 Å². The van der Waals surface area contributed by atoms with E-state index >= 15 is 0 Å². The summed E-state index contributed by atoms with van der Waals surface area (Å²) in [7, 11) is 0. The number of alkyl halides is 3. The van der Waals surface area contributed by atoms with E-state index in [0.717, 1.165) is 26.2 Å². The number of carbonyl (C=O) groups is 1. The Morgan fingerprint density at radius 1 is 1.12 bits per heavy atom. The summed E-state index contributed by atoms with van der Waals surface area (Å²) in [6, 6.07) is 0. The Kier molecular flexibility index (Phi) is 6.57. The minimum atomic E-state index is -4.55. The fourth-order valence-electron chi connectivity index (χ4n) is 1.31. The van der Waals surface area contributed by atoms with Crippen molar-refractivity contribution in [3.05, 3.63) is 0 Å². The molecule has 2 nitrogen and oxygen atoms in total. The predicted molar refractivity (Wildman–Crippen MR) is 59.6 cm³/mol. The summed E-state index contributed by atoms with van der Waals surface area (Å²) in [5.74, 6) is -1.16. The maximum Gasteiger partial charge on any atom is 0.404 e. The van der Waals surface area contributed by atoms with Gasteiger partial charge < -0.3 is 4.74 Å². The Morgan fingerprint density at radius 2 is 1.71 bits per heavy atom. The van der Waals surface area contributed by atoms with Crippen molar-refractivity contribution in [2.75, 3.05) is 6.61 Å². The van der Waals surface area contributed by atoms with Crippen LogP contribution >= 0.6 is 0 Å². The number of ether oxygens (including phenoxy) is 1. The first-order chi connectivity index (χ1) is 7.79. The first-order valence-electron chi connectivity index (χ1n) is 6.03. The molecule has 0 radical (unpaired) electrons. The Hall–Kier alpha value is -0.740. The van der Waals surface area contributed by atoms with Gasteiger partial charge in [0.1, 0.15) is 0 Å². The third-order valence-corrected chi connectivity index (χ3v) is 3.01. The summed E-state index contributed by atoms with van der Waals surface area (Å²) in [5, 5.41) is 0. The van der Waals surface area contributed by atoms with Gasteiger partial charge in [-0.25, -0.2) is 0 Å². The van der Waals surface area contributed by atoms with E-state index in [1.165, 1.54) is 6.92 Å². The normalized spacial score (nSPS) is 15.4. The van der Waals surface area contributed by atoms with Crippen molar-refractivity contribution in [1.29, 1.82) is 0 Å². The first kappa shape index (κ1) is 16.3. The number of rotatable bonds is 7. The van der Waals surface area contributed by atoms with E-state index in [-0.39, 0.29) is 13.0 Å². The molecule has 0 aliphatic carbocycles. The van der Waals surface area contributed by atoms with Gasteiger partial charge in [0.05, 0.1) is 6.61 Å². The molecule has 0 bridgehead atoms. The standard InChI is InChI=1S/C12H21F3O2/c1-4-6-7-8-9-17-10(16)11(3,5-2)12(13,14)15/h4-9H2,1-3H3. The third-order valence-electron chi connectivity index (χ3n) is 3.01. The number of hydrogen-bond acceptors (Lipinski definition) is 2. The average molecular weight is 254 g/mol. The fourth-order valence-corrected chi connectivity index (χ4v) is 1.31. The minimum absolute atomic E-state index is 0.0739. The summed E-state index contributed by atoms with van der Waals surface area (Å²) in [6.45, 7) is 4.33. The van der Waals surface area contributed by atoms with Crippen LogP contribution in [-0.2, 0) is 9.53 Å². The molecule has 0 heterocycles. The van der Waals surface area contributed by atoms with Crippen LogP contribution in [0.2, 0.25) is 0 Å². The van der Waals surface area contributed by atoms with Gasteiger partial charge in [-0.15, -0.1) is 0 Å². The summed E-state index contributed by atoms with van der Waals surface area (Å²) < 4.78 is 42.8. The lowest BCUT2D eigenvalue weighted by Gasteiger charge is -2.28. The molecule has 0 aromatic carbocycles. The van der Waals surface area contributed by atoms with Crippen molar-refractivity contribution in [3.8, 4) is 0 Å². The molecule has 0 aliphatic rings. The Bertz CT molecular complexity index is 238. The number of esters is 1. The molecule has 0 spiro atoms. The van der Waals surface area contributed by atoms with Crippen LogP contribution in [0.15, 0.2) is 0 Å². The van der Waals surface area contributed by atoms with Crippen molar-refractivity contribution in [3.63, 3.8) is 0 Å². The monoisotopic (exact) mass is 254 g/mol. The Labute approximate surface area is 101 Å². The molecule has 0 N–H and O–H groups in total. The number of halogens is 3. The highest BCUT2D eigenvalue weighted by Gasteiger charge is 2.56. The van der Waals surface area contributed by atoms with E-state index in [1.807, 2.05) is 6.92 Å². The molecule has 0 aromatic heterocycles. The Balaban J connectivity index is 4.19. The van der Waals surface area contributed by atoms with Gasteiger partial charge in [0.25, 0.3) is 0 Å². The maximum atomic E-state index is 12.7. The lowest BCUT2D eigenvalue weighted by molar-refractivity contribution is -0.230. The van der Waals surface area contributed by atoms with Gasteiger partial charge in [-0.1, -0.05) is 33.1 Å². The van der Waals surface area contributed by atoms with Gasteiger partial charge in [-0.2, -0.15) is 13.2 Å². The molecule has 0 saturated heterocycles.